The zero-order valence-electron chi connectivity index (χ0n) is 23.7. The zero-order valence-corrected chi connectivity index (χ0v) is 24.5. The molecule has 1 amide bonds. The molecule has 4 aromatic rings. The van der Waals surface area contributed by atoms with E-state index < -0.39 is 15.9 Å². The fourth-order valence-corrected chi connectivity index (χ4v) is 5.62. The van der Waals surface area contributed by atoms with Gasteiger partial charge in [-0.15, -0.1) is 0 Å². The summed E-state index contributed by atoms with van der Waals surface area (Å²) in [5.74, 6) is -0.0951. The number of nitrogens with zero attached hydrogens (tertiary/aromatic N) is 3. The summed E-state index contributed by atoms with van der Waals surface area (Å²) in [6, 6.07) is 15.2. The quantitative estimate of drug-likeness (QED) is 0.268. The zero-order chi connectivity index (χ0) is 30.2. The third kappa shape index (κ3) is 5.78. The number of anilines is 1. The van der Waals surface area contributed by atoms with E-state index in [4.69, 9.17) is 9.47 Å². The van der Waals surface area contributed by atoms with Gasteiger partial charge in [-0.1, -0.05) is 24.3 Å². The minimum Gasteiger partial charge on any atom is -0.497 e. The summed E-state index contributed by atoms with van der Waals surface area (Å²) in [4.78, 5) is 31.8. The fourth-order valence-electron chi connectivity index (χ4n) is 5.08. The van der Waals surface area contributed by atoms with E-state index in [-0.39, 0.29) is 42.6 Å². The van der Waals surface area contributed by atoms with Crippen LogP contribution in [-0.4, -0.2) is 57.0 Å². The Morgan fingerprint density at radius 1 is 1.07 bits per heavy atom. The average molecular weight is 592 g/mol. The van der Waals surface area contributed by atoms with Crippen molar-refractivity contribution < 1.29 is 31.9 Å². The summed E-state index contributed by atoms with van der Waals surface area (Å²) in [7, 11) is -0.766. The minimum absolute atomic E-state index is 0.0277. The molecule has 9 nitrogen and oxygen atoms in total. The molecule has 1 aromatic heterocycles. The highest BCUT2D eigenvalue weighted by Gasteiger charge is 2.38. The standard InChI is InChI=1S/C31H30FN3O6S/c1-19(36)16-35-17-26-27(31(35)37)30(41-18-21-7-11-24(40-3)12-8-21)28-25(29(26)34(2)42(4,38)39)14-22(15-33-28)13-20-5-9-23(32)10-6-20/h5-12,14-15H,13,16-18H2,1-4H3. The molecule has 0 aliphatic carbocycles. The van der Waals surface area contributed by atoms with Gasteiger partial charge in [0.05, 0.1) is 31.2 Å². The SMILES string of the molecule is COc1ccc(COc2c3c(c(N(C)S(C)(=O)=O)c4cc(Cc5ccc(F)cc5)cnc24)CN(CC(C)=O)C3=O)cc1. The van der Waals surface area contributed by atoms with Crippen LogP contribution in [-0.2, 0) is 34.4 Å². The number of methoxy groups -OCH3 is 1. The maximum absolute atomic E-state index is 13.7. The predicted molar refractivity (Wildman–Crippen MR) is 157 cm³/mol. The Labute approximate surface area is 243 Å². The van der Waals surface area contributed by atoms with Crippen LogP contribution in [0.25, 0.3) is 10.9 Å². The number of fused-ring (bicyclic) bond motifs is 2. The number of halogens is 1. The number of pyridine rings is 1. The molecule has 1 aliphatic rings. The fraction of sp³-hybridized carbons (Fsp3) is 0.258. The normalized spacial score (nSPS) is 12.9. The van der Waals surface area contributed by atoms with E-state index >= 15 is 0 Å². The monoisotopic (exact) mass is 591 g/mol. The highest BCUT2D eigenvalue weighted by molar-refractivity contribution is 7.92. The van der Waals surface area contributed by atoms with Crippen LogP contribution in [0.3, 0.4) is 0 Å². The van der Waals surface area contributed by atoms with Crippen LogP contribution in [0, 0.1) is 5.82 Å². The Hall–Kier alpha value is -4.51. The van der Waals surface area contributed by atoms with Crippen molar-refractivity contribution in [1.29, 1.82) is 0 Å². The van der Waals surface area contributed by atoms with E-state index in [0.29, 0.717) is 34.3 Å². The van der Waals surface area contributed by atoms with Crippen molar-refractivity contribution in [3.05, 3.63) is 94.4 Å². The molecule has 218 valence electrons. The van der Waals surface area contributed by atoms with E-state index in [1.807, 2.05) is 18.2 Å². The number of sulfonamides is 1. The molecule has 0 N–H and O–H groups in total. The van der Waals surface area contributed by atoms with Crippen molar-refractivity contribution in [2.24, 2.45) is 0 Å². The van der Waals surface area contributed by atoms with Crippen LogP contribution in [0.5, 0.6) is 11.5 Å². The van der Waals surface area contributed by atoms with Crippen molar-refractivity contribution in [2.45, 2.75) is 26.5 Å². The first kappa shape index (κ1) is 29.0. The molecular weight excluding hydrogens is 561 g/mol. The van der Waals surface area contributed by atoms with E-state index in [0.717, 1.165) is 27.3 Å². The summed E-state index contributed by atoms with van der Waals surface area (Å²) in [6.07, 6.45) is 3.13. The summed E-state index contributed by atoms with van der Waals surface area (Å²) in [6.45, 7) is 1.39. The Bertz CT molecular complexity index is 1790. The first-order valence-corrected chi connectivity index (χ1v) is 15.0. The molecule has 2 heterocycles. The van der Waals surface area contributed by atoms with Gasteiger partial charge in [-0.3, -0.25) is 18.9 Å². The maximum atomic E-state index is 13.7. The number of ether oxygens (including phenoxy) is 2. The van der Waals surface area contributed by atoms with Crippen molar-refractivity contribution in [3.63, 3.8) is 0 Å². The number of carbonyl (C=O) groups is 2. The van der Waals surface area contributed by atoms with Crippen LogP contribution < -0.4 is 13.8 Å². The molecule has 0 unspecified atom stereocenters. The molecule has 0 atom stereocenters. The number of hydrogen-bond acceptors (Lipinski definition) is 7. The van der Waals surface area contributed by atoms with Gasteiger partial charge in [-0.2, -0.15) is 0 Å². The van der Waals surface area contributed by atoms with E-state index in [1.165, 1.54) is 31.0 Å². The van der Waals surface area contributed by atoms with E-state index in [9.17, 15) is 22.4 Å². The first-order chi connectivity index (χ1) is 20.0. The molecule has 11 heteroatoms. The number of rotatable bonds is 10. The molecule has 0 radical (unpaired) electrons. The number of carbonyl (C=O) groups excluding carboxylic acids is 2. The Kier molecular flexibility index (Phi) is 7.87. The summed E-state index contributed by atoms with van der Waals surface area (Å²) in [5.41, 5.74) is 3.64. The summed E-state index contributed by atoms with van der Waals surface area (Å²) >= 11 is 0. The highest BCUT2D eigenvalue weighted by Crippen LogP contribution is 2.45. The molecule has 0 spiro atoms. The second-order valence-corrected chi connectivity index (χ2v) is 12.3. The van der Waals surface area contributed by atoms with Gasteiger partial charge >= 0.3 is 0 Å². The second kappa shape index (κ2) is 11.4. The van der Waals surface area contributed by atoms with E-state index in [1.54, 1.807) is 37.6 Å². The Morgan fingerprint density at radius 3 is 2.36 bits per heavy atom. The van der Waals surface area contributed by atoms with E-state index in [2.05, 4.69) is 4.98 Å². The number of amides is 1. The molecule has 0 saturated carbocycles. The van der Waals surface area contributed by atoms with Gasteiger partial charge in [0.1, 0.15) is 29.5 Å². The summed E-state index contributed by atoms with van der Waals surface area (Å²) in [5, 5.41) is 0.475. The Balaban J connectivity index is 1.70. The highest BCUT2D eigenvalue weighted by atomic mass is 32.2. The molecule has 3 aromatic carbocycles. The third-order valence-electron chi connectivity index (χ3n) is 7.17. The number of ketones is 1. The Morgan fingerprint density at radius 2 is 1.74 bits per heavy atom. The van der Waals surface area contributed by atoms with Gasteiger partial charge in [0.25, 0.3) is 5.91 Å². The minimum atomic E-state index is -3.76. The predicted octanol–water partition coefficient (Wildman–Crippen LogP) is 4.49. The smallest absolute Gasteiger partial charge is 0.258 e. The van der Waals surface area contributed by atoms with Gasteiger partial charge in [-0.05, 0) is 60.4 Å². The largest absolute Gasteiger partial charge is 0.497 e. The third-order valence-corrected chi connectivity index (χ3v) is 8.35. The average Bonchev–Trinajstić information content (AvgIpc) is 3.26. The van der Waals surface area contributed by atoms with Crippen molar-refractivity contribution >= 4 is 38.3 Å². The maximum Gasteiger partial charge on any atom is 0.258 e. The van der Waals surface area contributed by atoms with Crippen LogP contribution in [0.2, 0.25) is 0 Å². The second-order valence-electron chi connectivity index (χ2n) is 10.3. The van der Waals surface area contributed by atoms with Gasteiger partial charge in [0.15, 0.2) is 5.75 Å². The lowest BCUT2D eigenvalue weighted by atomic mass is 9.98. The lowest BCUT2D eigenvalue weighted by Crippen LogP contribution is -2.29. The van der Waals surface area contributed by atoms with Crippen molar-refractivity contribution in [3.8, 4) is 11.5 Å². The number of hydrogen-bond donors (Lipinski definition) is 0. The molecule has 0 bridgehead atoms. The van der Waals surface area contributed by atoms with Gasteiger partial charge in [0.2, 0.25) is 10.0 Å². The van der Waals surface area contributed by atoms with Crippen LogP contribution in [0.15, 0.2) is 60.8 Å². The molecule has 42 heavy (non-hydrogen) atoms. The number of benzene rings is 3. The number of aromatic nitrogens is 1. The molecule has 5 rings (SSSR count). The molecule has 0 fully saturated rings. The number of Topliss-reactive ketones (excluding diaryl/α,β-unsaturated/α-hetero) is 1. The topological polar surface area (TPSA) is 106 Å². The lowest BCUT2D eigenvalue weighted by molar-refractivity contribution is -0.117. The van der Waals surface area contributed by atoms with Crippen molar-refractivity contribution in [1.82, 2.24) is 9.88 Å². The van der Waals surface area contributed by atoms with Crippen LogP contribution in [0.4, 0.5) is 10.1 Å². The summed E-state index contributed by atoms with van der Waals surface area (Å²) < 4.78 is 51.8. The van der Waals surface area contributed by atoms with Gasteiger partial charge < -0.3 is 14.4 Å². The van der Waals surface area contributed by atoms with Crippen LogP contribution in [0.1, 0.15) is 39.5 Å². The lowest BCUT2D eigenvalue weighted by Gasteiger charge is -2.24. The van der Waals surface area contributed by atoms with Gasteiger partial charge in [0, 0.05) is 30.7 Å². The molecule has 1 aliphatic heterocycles. The van der Waals surface area contributed by atoms with Crippen molar-refractivity contribution in [2.75, 3.05) is 31.3 Å². The first-order valence-electron chi connectivity index (χ1n) is 13.2. The molecular formula is C31H30FN3O6S. The molecule has 0 saturated heterocycles. The van der Waals surface area contributed by atoms with Gasteiger partial charge in [-0.25, -0.2) is 12.8 Å². The van der Waals surface area contributed by atoms with Crippen LogP contribution >= 0.6 is 0 Å².